The van der Waals surface area contributed by atoms with E-state index in [1.165, 1.54) is 0 Å². The third kappa shape index (κ3) is 5.64. The maximum atomic E-state index is 12.0. The molecule has 1 saturated heterocycles. The predicted molar refractivity (Wildman–Crippen MR) is 87.0 cm³/mol. The SMILES string of the molecule is CC(C)(C)OC(=O)N1CCN(CC2CCC([N+](=O)[O-])CC2)CC1. The second-order valence-corrected chi connectivity index (χ2v) is 7.73. The molecule has 0 aromatic carbocycles. The molecule has 1 saturated carbocycles. The number of amides is 1. The average molecular weight is 327 g/mol. The van der Waals surface area contributed by atoms with Crippen LogP contribution in [0.5, 0.6) is 0 Å². The Bertz CT molecular complexity index is 420. The van der Waals surface area contributed by atoms with Crippen molar-refractivity contribution in [2.75, 3.05) is 32.7 Å². The van der Waals surface area contributed by atoms with Gasteiger partial charge in [-0.05, 0) is 39.5 Å². The highest BCUT2D eigenvalue weighted by Crippen LogP contribution is 2.27. The van der Waals surface area contributed by atoms with Crippen molar-refractivity contribution in [3.63, 3.8) is 0 Å². The zero-order chi connectivity index (χ0) is 17.0. The third-order valence-electron chi connectivity index (χ3n) is 4.65. The molecule has 1 heterocycles. The fourth-order valence-electron chi connectivity index (χ4n) is 3.34. The lowest BCUT2D eigenvalue weighted by Crippen LogP contribution is -2.51. The third-order valence-corrected chi connectivity index (χ3v) is 4.65. The summed E-state index contributed by atoms with van der Waals surface area (Å²) in [5.41, 5.74) is -0.454. The van der Waals surface area contributed by atoms with Crippen molar-refractivity contribution in [3.8, 4) is 0 Å². The number of piperazine rings is 1. The van der Waals surface area contributed by atoms with Crippen molar-refractivity contribution in [3.05, 3.63) is 10.1 Å². The number of hydrogen-bond acceptors (Lipinski definition) is 5. The molecule has 0 atom stereocenters. The molecule has 0 radical (unpaired) electrons. The van der Waals surface area contributed by atoms with Gasteiger partial charge in [-0.15, -0.1) is 0 Å². The smallest absolute Gasteiger partial charge is 0.410 e. The van der Waals surface area contributed by atoms with Gasteiger partial charge in [0, 0.05) is 50.5 Å². The van der Waals surface area contributed by atoms with Crippen LogP contribution in [0.4, 0.5) is 4.79 Å². The van der Waals surface area contributed by atoms with Crippen molar-refractivity contribution in [2.24, 2.45) is 5.92 Å². The van der Waals surface area contributed by atoms with Gasteiger partial charge in [0.05, 0.1) is 0 Å². The summed E-state index contributed by atoms with van der Waals surface area (Å²) in [4.78, 5) is 26.8. The van der Waals surface area contributed by atoms with Crippen LogP contribution in [-0.2, 0) is 4.74 Å². The Morgan fingerprint density at radius 1 is 1.13 bits per heavy atom. The number of hydrogen-bond donors (Lipinski definition) is 0. The van der Waals surface area contributed by atoms with Gasteiger partial charge in [0.25, 0.3) is 0 Å². The molecular formula is C16H29N3O4. The van der Waals surface area contributed by atoms with Gasteiger partial charge in [-0.3, -0.25) is 15.0 Å². The first kappa shape index (κ1) is 18.0. The van der Waals surface area contributed by atoms with E-state index in [1.54, 1.807) is 4.90 Å². The average Bonchev–Trinajstić information content (AvgIpc) is 2.46. The van der Waals surface area contributed by atoms with Gasteiger partial charge < -0.3 is 9.64 Å². The molecule has 0 aromatic rings. The Labute approximate surface area is 138 Å². The standard InChI is InChI=1S/C16H29N3O4/c1-16(2,3)23-15(20)18-10-8-17(9-11-18)12-13-4-6-14(7-5-13)19(21)22/h13-14H,4-12H2,1-3H3. The van der Waals surface area contributed by atoms with Crippen LogP contribution in [-0.4, -0.2) is 65.2 Å². The maximum Gasteiger partial charge on any atom is 0.410 e. The molecule has 7 heteroatoms. The van der Waals surface area contributed by atoms with E-state index in [-0.39, 0.29) is 17.1 Å². The summed E-state index contributed by atoms with van der Waals surface area (Å²) in [7, 11) is 0. The van der Waals surface area contributed by atoms with Gasteiger partial charge >= 0.3 is 6.09 Å². The number of carbonyl (C=O) groups excluding carboxylic acids is 1. The number of ether oxygens (including phenoxy) is 1. The highest BCUT2D eigenvalue weighted by atomic mass is 16.6. The van der Waals surface area contributed by atoms with Gasteiger partial charge in [0.2, 0.25) is 6.04 Å². The first-order valence-electron chi connectivity index (χ1n) is 8.58. The molecule has 2 fully saturated rings. The summed E-state index contributed by atoms with van der Waals surface area (Å²) in [5, 5.41) is 10.8. The molecule has 7 nitrogen and oxygen atoms in total. The summed E-state index contributed by atoms with van der Waals surface area (Å²) in [5.74, 6) is 0.555. The van der Waals surface area contributed by atoms with Crippen LogP contribution in [0.2, 0.25) is 0 Å². The Kier molecular flexibility index (Phi) is 5.84. The fourth-order valence-corrected chi connectivity index (χ4v) is 3.34. The van der Waals surface area contributed by atoms with E-state index in [0.717, 1.165) is 32.5 Å². The summed E-state index contributed by atoms with van der Waals surface area (Å²) in [6.07, 6.45) is 3.06. The Hall–Kier alpha value is -1.37. The maximum absolute atomic E-state index is 12.0. The summed E-state index contributed by atoms with van der Waals surface area (Å²) in [6.45, 7) is 9.72. The monoisotopic (exact) mass is 327 g/mol. The molecule has 1 amide bonds. The van der Waals surface area contributed by atoms with E-state index in [4.69, 9.17) is 4.74 Å². The lowest BCUT2D eigenvalue weighted by Gasteiger charge is -2.37. The molecule has 0 N–H and O–H groups in total. The molecule has 0 bridgehead atoms. The summed E-state index contributed by atoms with van der Waals surface area (Å²) < 4.78 is 5.40. The van der Waals surface area contributed by atoms with Crippen molar-refractivity contribution in [1.29, 1.82) is 0 Å². The minimum absolute atomic E-state index is 0.129. The molecule has 2 rings (SSSR count). The van der Waals surface area contributed by atoms with Crippen LogP contribution < -0.4 is 0 Å². The van der Waals surface area contributed by atoms with Crippen LogP contribution in [0.15, 0.2) is 0 Å². The Balaban J connectivity index is 1.69. The Morgan fingerprint density at radius 2 is 1.70 bits per heavy atom. The molecule has 2 aliphatic rings. The van der Waals surface area contributed by atoms with Gasteiger partial charge in [0.1, 0.15) is 5.60 Å². The van der Waals surface area contributed by atoms with E-state index >= 15 is 0 Å². The first-order chi connectivity index (χ1) is 10.7. The van der Waals surface area contributed by atoms with Gasteiger partial charge in [-0.25, -0.2) is 4.79 Å². The normalized spacial score (nSPS) is 26.8. The van der Waals surface area contributed by atoms with E-state index in [0.29, 0.717) is 31.8 Å². The topological polar surface area (TPSA) is 75.9 Å². The highest BCUT2D eigenvalue weighted by molar-refractivity contribution is 5.68. The van der Waals surface area contributed by atoms with Crippen molar-refractivity contribution >= 4 is 6.09 Å². The number of rotatable bonds is 3. The van der Waals surface area contributed by atoms with Crippen LogP contribution >= 0.6 is 0 Å². The number of nitro groups is 1. The predicted octanol–water partition coefficient (Wildman–Crippen LogP) is 2.37. The second kappa shape index (κ2) is 7.47. The second-order valence-electron chi connectivity index (χ2n) is 7.73. The molecular weight excluding hydrogens is 298 g/mol. The minimum Gasteiger partial charge on any atom is -0.444 e. The zero-order valence-electron chi connectivity index (χ0n) is 14.5. The largest absolute Gasteiger partial charge is 0.444 e. The molecule has 0 aromatic heterocycles. The quantitative estimate of drug-likeness (QED) is 0.587. The summed E-state index contributed by atoms with van der Waals surface area (Å²) >= 11 is 0. The van der Waals surface area contributed by atoms with Crippen LogP contribution in [0.1, 0.15) is 46.5 Å². The summed E-state index contributed by atoms with van der Waals surface area (Å²) in [6, 6.07) is -0.338. The molecule has 1 aliphatic carbocycles. The molecule has 0 spiro atoms. The fraction of sp³-hybridized carbons (Fsp3) is 0.938. The lowest BCUT2D eigenvalue weighted by atomic mass is 9.86. The highest BCUT2D eigenvalue weighted by Gasteiger charge is 2.31. The molecule has 23 heavy (non-hydrogen) atoms. The van der Waals surface area contributed by atoms with Gasteiger partial charge in [-0.2, -0.15) is 0 Å². The molecule has 0 unspecified atom stereocenters. The molecule has 132 valence electrons. The van der Waals surface area contributed by atoms with E-state index in [1.807, 2.05) is 20.8 Å². The first-order valence-corrected chi connectivity index (χ1v) is 8.58. The van der Waals surface area contributed by atoms with Crippen molar-refractivity contribution in [1.82, 2.24) is 9.80 Å². The van der Waals surface area contributed by atoms with E-state index in [9.17, 15) is 14.9 Å². The molecule has 1 aliphatic heterocycles. The van der Waals surface area contributed by atoms with Gasteiger partial charge in [-0.1, -0.05) is 0 Å². The number of carbonyl (C=O) groups is 1. The van der Waals surface area contributed by atoms with Gasteiger partial charge in [0.15, 0.2) is 0 Å². The van der Waals surface area contributed by atoms with Crippen molar-refractivity contribution < 1.29 is 14.5 Å². The van der Waals surface area contributed by atoms with E-state index < -0.39 is 5.60 Å². The Morgan fingerprint density at radius 3 is 2.17 bits per heavy atom. The van der Waals surface area contributed by atoms with E-state index in [2.05, 4.69) is 4.90 Å². The van der Waals surface area contributed by atoms with Crippen LogP contribution in [0, 0.1) is 16.0 Å². The van der Waals surface area contributed by atoms with Crippen molar-refractivity contribution in [2.45, 2.75) is 58.1 Å². The van der Waals surface area contributed by atoms with Crippen LogP contribution in [0.3, 0.4) is 0 Å². The van der Waals surface area contributed by atoms with Crippen LogP contribution in [0.25, 0.3) is 0 Å². The zero-order valence-corrected chi connectivity index (χ0v) is 14.5. The minimum atomic E-state index is -0.454. The lowest BCUT2D eigenvalue weighted by molar-refractivity contribution is -0.527. The number of nitrogens with zero attached hydrogens (tertiary/aromatic N) is 3.